The highest BCUT2D eigenvalue weighted by atomic mass is 32.2. The van der Waals surface area contributed by atoms with Crippen LogP contribution in [0.25, 0.3) is 5.70 Å². The van der Waals surface area contributed by atoms with Gasteiger partial charge < -0.3 is 19.3 Å². The Balaban J connectivity index is 1.90. The monoisotopic (exact) mass is 491 g/mol. The number of hydrogen-bond donors (Lipinski definition) is 0. The van der Waals surface area contributed by atoms with E-state index in [9.17, 15) is 9.59 Å². The van der Waals surface area contributed by atoms with Crippen LogP contribution < -0.4 is 4.74 Å². The molecule has 0 spiro atoms. The van der Waals surface area contributed by atoms with E-state index in [-0.39, 0.29) is 18.9 Å². The molecule has 2 heterocycles. The van der Waals surface area contributed by atoms with Crippen LogP contribution in [-0.4, -0.2) is 54.2 Å². The number of aliphatic imine (C=N–C) groups is 1. The number of benzene rings is 2. The molecule has 2 aromatic carbocycles. The van der Waals surface area contributed by atoms with Crippen LogP contribution in [-0.2, 0) is 14.3 Å². The van der Waals surface area contributed by atoms with E-state index in [2.05, 4.69) is 0 Å². The van der Waals surface area contributed by atoms with Crippen LogP contribution in [0.15, 0.2) is 76.3 Å². The average Bonchev–Trinajstić information content (AvgIpc) is 3.29. The van der Waals surface area contributed by atoms with E-state index >= 15 is 0 Å². The van der Waals surface area contributed by atoms with Crippen LogP contribution in [0.2, 0.25) is 0 Å². The first-order valence-corrected chi connectivity index (χ1v) is 12.4. The predicted molar refractivity (Wildman–Crippen MR) is 139 cm³/mol. The van der Waals surface area contributed by atoms with Crippen LogP contribution in [0.1, 0.15) is 37.4 Å². The molecule has 0 fully saturated rings. The van der Waals surface area contributed by atoms with Crippen molar-refractivity contribution in [2.75, 3.05) is 27.3 Å². The van der Waals surface area contributed by atoms with Gasteiger partial charge in [0.05, 0.1) is 37.4 Å². The molecule has 1 atom stereocenters. The van der Waals surface area contributed by atoms with Crippen LogP contribution in [0, 0.1) is 0 Å². The fourth-order valence-electron chi connectivity index (χ4n) is 4.08. The first-order valence-electron chi connectivity index (χ1n) is 11.6. The van der Waals surface area contributed by atoms with Crippen molar-refractivity contribution >= 4 is 34.5 Å². The lowest BCUT2D eigenvalue weighted by Gasteiger charge is -2.37. The van der Waals surface area contributed by atoms with Crippen molar-refractivity contribution < 1.29 is 19.1 Å². The Labute approximate surface area is 210 Å². The molecule has 0 N–H and O–H groups in total. The van der Waals surface area contributed by atoms with E-state index in [4.69, 9.17) is 14.5 Å². The number of fused-ring (bicyclic) bond motifs is 1. The fraction of sp³-hybridized carbons (Fsp3) is 0.296. The minimum atomic E-state index is -0.534. The number of hydrogen-bond acceptors (Lipinski definition) is 7. The van der Waals surface area contributed by atoms with Gasteiger partial charge in [0, 0.05) is 24.9 Å². The standard InChI is InChI=1S/C27H29N3O4S/c1-5-29(3)22(31)16-20-17-35-27-28-24(18-11-8-7-9-12-18)23(26(32)34-6-2)25(30(20)27)19-13-10-14-21(15-19)33-4/h7-15,17,25H,5-6,16H2,1-4H3. The third-order valence-electron chi connectivity index (χ3n) is 5.99. The summed E-state index contributed by atoms with van der Waals surface area (Å²) in [7, 11) is 3.40. The second kappa shape index (κ2) is 10.8. The summed E-state index contributed by atoms with van der Waals surface area (Å²) < 4.78 is 11.0. The molecule has 0 saturated carbocycles. The predicted octanol–water partition coefficient (Wildman–Crippen LogP) is 4.84. The molecular formula is C27H29N3O4S. The first kappa shape index (κ1) is 24.6. The molecule has 2 aromatic rings. The quantitative estimate of drug-likeness (QED) is 0.492. The third-order valence-corrected chi connectivity index (χ3v) is 6.88. The van der Waals surface area contributed by atoms with Crippen molar-refractivity contribution in [3.63, 3.8) is 0 Å². The first-order chi connectivity index (χ1) is 17.0. The number of carbonyl (C=O) groups excluding carboxylic acids is 2. The molecular weight excluding hydrogens is 462 g/mol. The lowest BCUT2D eigenvalue weighted by molar-refractivity contribution is -0.139. The zero-order valence-corrected chi connectivity index (χ0v) is 21.2. The maximum atomic E-state index is 13.5. The van der Waals surface area contributed by atoms with Crippen LogP contribution in [0.3, 0.4) is 0 Å². The van der Waals surface area contributed by atoms with E-state index in [1.54, 1.807) is 26.0 Å². The van der Waals surface area contributed by atoms with Gasteiger partial charge in [-0.15, -0.1) is 0 Å². The molecule has 2 aliphatic heterocycles. The molecule has 0 aliphatic carbocycles. The highest BCUT2D eigenvalue weighted by molar-refractivity contribution is 8.16. The third kappa shape index (κ3) is 4.98. The van der Waals surface area contributed by atoms with Crippen molar-refractivity contribution in [2.45, 2.75) is 26.3 Å². The molecule has 0 saturated heterocycles. The number of thioether (sulfide) groups is 1. The number of nitrogens with zero attached hydrogens (tertiary/aromatic N) is 3. The van der Waals surface area contributed by atoms with Gasteiger partial charge in [0.25, 0.3) is 0 Å². The zero-order chi connectivity index (χ0) is 24.9. The molecule has 0 radical (unpaired) electrons. The summed E-state index contributed by atoms with van der Waals surface area (Å²) in [5.41, 5.74) is 3.46. The topological polar surface area (TPSA) is 71.4 Å². The molecule has 8 heteroatoms. The number of esters is 1. The maximum absolute atomic E-state index is 13.5. The number of rotatable bonds is 8. The Morgan fingerprint density at radius 1 is 1.11 bits per heavy atom. The molecule has 0 bridgehead atoms. The summed E-state index contributed by atoms with van der Waals surface area (Å²) in [5, 5.41) is 2.66. The maximum Gasteiger partial charge on any atom is 0.338 e. The minimum Gasteiger partial charge on any atom is -0.497 e. The number of carbonyl (C=O) groups is 2. The minimum absolute atomic E-state index is 0.000475. The summed E-state index contributed by atoms with van der Waals surface area (Å²) in [5.74, 6) is 0.242. The molecule has 1 unspecified atom stereocenters. The SMILES string of the molecule is CCOC(=O)C1=C(c2ccccc2)N=C2SC=C(CC(=O)N(C)CC)N2C1c1cccc(OC)c1. The van der Waals surface area contributed by atoms with Crippen LogP contribution in [0.4, 0.5) is 0 Å². The molecule has 4 rings (SSSR count). The molecule has 35 heavy (non-hydrogen) atoms. The van der Waals surface area contributed by atoms with Gasteiger partial charge in [-0.1, -0.05) is 54.2 Å². The molecule has 0 aromatic heterocycles. The normalized spacial score (nSPS) is 16.9. The Bertz CT molecular complexity index is 1210. The second-order valence-corrected chi connectivity index (χ2v) is 8.94. The Morgan fingerprint density at radius 3 is 2.57 bits per heavy atom. The molecule has 1 amide bonds. The van der Waals surface area contributed by atoms with Gasteiger partial charge in [0.1, 0.15) is 5.75 Å². The zero-order valence-electron chi connectivity index (χ0n) is 20.4. The Morgan fingerprint density at radius 2 is 1.89 bits per heavy atom. The molecule has 2 aliphatic rings. The summed E-state index contributed by atoms with van der Waals surface area (Å²) in [6.07, 6.45) is 0.202. The fourth-order valence-corrected chi connectivity index (χ4v) is 5.00. The molecule has 7 nitrogen and oxygen atoms in total. The number of methoxy groups -OCH3 is 1. The lowest BCUT2D eigenvalue weighted by atomic mass is 9.91. The number of ether oxygens (including phenoxy) is 2. The largest absolute Gasteiger partial charge is 0.497 e. The van der Waals surface area contributed by atoms with Gasteiger partial charge in [-0.25, -0.2) is 9.79 Å². The van der Waals surface area contributed by atoms with Crippen molar-refractivity contribution in [1.82, 2.24) is 9.80 Å². The van der Waals surface area contributed by atoms with Gasteiger partial charge >= 0.3 is 5.97 Å². The van der Waals surface area contributed by atoms with Gasteiger partial charge in [0.15, 0.2) is 5.17 Å². The summed E-state index contributed by atoms with van der Waals surface area (Å²) in [6.45, 7) is 4.58. The lowest BCUT2D eigenvalue weighted by Crippen LogP contribution is -2.38. The van der Waals surface area contributed by atoms with Crippen molar-refractivity contribution in [2.24, 2.45) is 4.99 Å². The van der Waals surface area contributed by atoms with Gasteiger partial charge in [-0.05, 0) is 37.0 Å². The van der Waals surface area contributed by atoms with Crippen LogP contribution >= 0.6 is 11.8 Å². The van der Waals surface area contributed by atoms with Gasteiger partial charge in [-0.3, -0.25) is 4.79 Å². The van der Waals surface area contributed by atoms with Gasteiger partial charge in [0.2, 0.25) is 5.91 Å². The van der Waals surface area contributed by atoms with Crippen molar-refractivity contribution in [1.29, 1.82) is 0 Å². The van der Waals surface area contributed by atoms with Crippen molar-refractivity contribution in [3.8, 4) is 5.75 Å². The second-order valence-electron chi connectivity index (χ2n) is 8.10. The highest BCUT2D eigenvalue weighted by Gasteiger charge is 2.42. The average molecular weight is 492 g/mol. The Kier molecular flexibility index (Phi) is 7.60. The van der Waals surface area contributed by atoms with E-state index < -0.39 is 12.0 Å². The van der Waals surface area contributed by atoms with E-state index in [0.29, 0.717) is 28.7 Å². The molecule has 182 valence electrons. The van der Waals surface area contributed by atoms with E-state index in [1.807, 2.05) is 71.8 Å². The summed E-state index contributed by atoms with van der Waals surface area (Å²) in [4.78, 5) is 34.9. The van der Waals surface area contributed by atoms with E-state index in [0.717, 1.165) is 16.8 Å². The number of amidine groups is 1. The van der Waals surface area contributed by atoms with E-state index in [1.165, 1.54) is 11.8 Å². The summed E-state index contributed by atoms with van der Waals surface area (Å²) >= 11 is 1.46. The van der Waals surface area contributed by atoms with Crippen LogP contribution in [0.5, 0.6) is 5.75 Å². The van der Waals surface area contributed by atoms with Crippen molar-refractivity contribution in [3.05, 3.63) is 82.4 Å². The van der Waals surface area contributed by atoms with Gasteiger partial charge in [-0.2, -0.15) is 0 Å². The highest BCUT2D eigenvalue weighted by Crippen LogP contribution is 2.47. The number of amides is 1. The smallest absolute Gasteiger partial charge is 0.338 e. The summed E-state index contributed by atoms with van der Waals surface area (Å²) in [6, 6.07) is 16.7. The Hall–Kier alpha value is -3.52.